The largest absolute Gasteiger partial charge is 0.496 e. The minimum Gasteiger partial charge on any atom is -0.496 e. The summed E-state index contributed by atoms with van der Waals surface area (Å²) in [6, 6.07) is 8.02. The molecule has 0 aromatic heterocycles. The molecule has 21 heavy (non-hydrogen) atoms. The van der Waals surface area contributed by atoms with Crippen LogP contribution in [0.5, 0.6) is 5.75 Å². The van der Waals surface area contributed by atoms with Gasteiger partial charge >= 0.3 is 0 Å². The van der Waals surface area contributed by atoms with Crippen LogP contribution in [0.25, 0.3) is 0 Å². The Morgan fingerprint density at radius 2 is 1.95 bits per heavy atom. The number of nitriles is 1. The maximum absolute atomic E-state index is 13.5. The molecule has 108 valence electrons. The average Bonchev–Trinajstić information content (AvgIpc) is 2.49. The van der Waals surface area contributed by atoms with Gasteiger partial charge in [-0.2, -0.15) is 5.26 Å². The molecule has 0 bridgehead atoms. The lowest BCUT2D eigenvalue weighted by Crippen LogP contribution is -2.05. The van der Waals surface area contributed by atoms with Gasteiger partial charge in [0.2, 0.25) is 0 Å². The molecule has 1 N–H and O–H groups in total. The highest BCUT2D eigenvalue weighted by molar-refractivity contribution is 5.49. The summed E-state index contributed by atoms with van der Waals surface area (Å²) in [5, 5.41) is 11.4. The lowest BCUT2D eigenvalue weighted by Gasteiger charge is -2.12. The SMILES string of the molecule is COc1ccc(C#N)cc1CNc1cc(F)cc(F)c1F. The van der Waals surface area contributed by atoms with Crippen LogP contribution in [0.1, 0.15) is 11.1 Å². The van der Waals surface area contributed by atoms with E-state index < -0.39 is 17.5 Å². The van der Waals surface area contributed by atoms with Crippen LogP contribution in [0.2, 0.25) is 0 Å². The fraction of sp³-hybridized carbons (Fsp3) is 0.133. The van der Waals surface area contributed by atoms with E-state index in [1.165, 1.54) is 7.11 Å². The first-order valence-corrected chi connectivity index (χ1v) is 6.00. The number of anilines is 1. The Hall–Kier alpha value is -2.68. The molecule has 2 rings (SSSR count). The molecule has 2 aromatic rings. The highest BCUT2D eigenvalue weighted by atomic mass is 19.2. The number of rotatable bonds is 4. The molecule has 0 unspecified atom stereocenters. The zero-order chi connectivity index (χ0) is 15.4. The van der Waals surface area contributed by atoms with Gasteiger partial charge in [-0.1, -0.05) is 0 Å². The van der Waals surface area contributed by atoms with E-state index in [0.29, 0.717) is 22.9 Å². The van der Waals surface area contributed by atoms with Crippen molar-refractivity contribution in [3.63, 3.8) is 0 Å². The summed E-state index contributed by atoms with van der Waals surface area (Å²) in [6.45, 7) is 0.0541. The maximum Gasteiger partial charge on any atom is 0.182 e. The van der Waals surface area contributed by atoms with Gasteiger partial charge in [0, 0.05) is 24.2 Å². The molecule has 0 saturated carbocycles. The number of nitrogens with zero attached hydrogens (tertiary/aromatic N) is 1. The maximum atomic E-state index is 13.5. The quantitative estimate of drug-likeness (QED) is 0.876. The monoisotopic (exact) mass is 292 g/mol. The topological polar surface area (TPSA) is 45.0 Å². The highest BCUT2D eigenvalue weighted by Gasteiger charge is 2.12. The molecule has 0 radical (unpaired) electrons. The van der Waals surface area contributed by atoms with Gasteiger partial charge in [0.05, 0.1) is 24.4 Å². The normalized spacial score (nSPS) is 10.0. The summed E-state index contributed by atoms with van der Waals surface area (Å²) < 4.78 is 44.8. The third-order valence-electron chi connectivity index (χ3n) is 2.87. The smallest absolute Gasteiger partial charge is 0.182 e. The van der Waals surface area contributed by atoms with Crippen LogP contribution in [0.4, 0.5) is 18.9 Å². The Bertz CT molecular complexity index is 711. The third-order valence-corrected chi connectivity index (χ3v) is 2.87. The molecule has 0 aliphatic carbocycles. The molecule has 0 aliphatic rings. The van der Waals surface area contributed by atoms with Crippen molar-refractivity contribution < 1.29 is 17.9 Å². The molecule has 0 spiro atoms. The Balaban J connectivity index is 2.26. The summed E-state index contributed by atoms with van der Waals surface area (Å²) in [5.41, 5.74) is 0.677. The minimum absolute atomic E-state index is 0.0541. The van der Waals surface area contributed by atoms with Crippen molar-refractivity contribution in [2.24, 2.45) is 0 Å². The third kappa shape index (κ3) is 3.26. The molecule has 0 atom stereocenters. The fourth-order valence-corrected chi connectivity index (χ4v) is 1.86. The van der Waals surface area contributed by atoms with Crippen molar-refractivity contribution in [1.82, 2.24) is 0 Å². The molecule has 0 fully saturated rings. The number of hydrogen-bond donors (Lipinski definition) is 1. The van der Waals surface area contributed by atoms with Gasteiger partial charge in [-0.15, -0.1) is 0 Å². The fourth-order valence-electron chi connectivity index (χ4n) is 1.86. The highest BCUT2D eigenvalue weighted by Crippen LogP contribution is 2.23. The average molecular weight is 292 g/mol. The molecule has 2 aromatic carbocycles. The first-order valence-electron chi connectivity index (χ1n) is 6.00. The van der Waals surface area contributed by atoms with Gasteiger partial charge in [0.15, 0.2) is 11.6 Å². The summed E-state index contributed by atoms with van der Waals surface area (Å²) in [4.78, 5) is 0. The second kappa shape index (κ2) is 6.18. The van der Waals surface area contributed by atoms with Crippen molar-refractivity contribution in [3.8, 4) is 11.8 Å². The molecule has 6 heteroatoms. The van der Waals surface area contributed by atoms with E-state index in [1.54, 1.807) is 18.2 Å². The number of ether oxygens (including phenoxy) is 1. The van der Waals surface area contributed by atoms with E-state index in [9.17, 15) is 13.2 Å². The first kappa shape index (κ1) is 14.7. The Labute approximate surface area is 119 Å². The number of methoxy groups -OCH3 is 1. The van der Waals surface area contributed by atoms with E-state index in [1.807, 2.05) is 6.07 Å². The Morgan fingerprint density at radius 3 is 2.62 bits per heavy atom. The van der Waals surface area contributed by atoms with Crippen LogP contribution in [-0.2, 0) is 6.54 Å². The number of nitrogens with one attached hydrogen (secondary N) is 1. The molecule has 0 saturated heterocycles. The van der Waals surface area contributed by atoms with Gasteiger partial charge in [-0.05, 0) is 18.2 Å². The van der Waals surface area contributed by atoms with E-state index in [2.05, 4.69) is 5.32 Å². The number of hydrogen-bond acceptors (Lipinski definition) is 3. The van der Waals surface area contributed by atoms with Crippen LogP contribution >= 0.6 is 0 Å². The van der Waals surface area contributed by atoms with Crippen molar-refractivity contribution in [2.45, 2.75) is 6.54 Å². The molecule has 0 aliphatic heterocycles. The standard InChI is InChI=1S/C15H11F3N2O/c1-21-14-3-2-9(7-19)4-10(14)8-20-13-6-11(16)5-12(17)15(13)18/h2-6,20H,8H2,1H3. The molecule has 0 heterocycles. The van der Waals surface area contributed by atoms with E-state index in [4.69, 9.17) is 10.00 Å². The van der Waals surface area contributed by atoms with Gasteiger partial charge < -0.3 is 10.1 Å². The van der Waals surface area contributed by atoms with Gasteiger partial charge in [0.1, 0.15) is 11.6 Å². The number of halogens is 3. The molecular formula is C15H11F3N2O. The van der Waals surface area contributed by atoms with Crippen LogP contribution < -0.4 is 10.1 Å². The second-order valence-electron chi connectivity index (χ2n) is 4.24. The first-order chi connectivity index (χ1) is 10.0. The minimum atomic E-state index is -1.27. The van der Waals surface area contributed by atoms with Crippen LogP contribution in [-0.4, -0.2) is 7.11 Å². The summed E-state index contributed by atoms with van der Waals surface area (Å²) >= 11 is 0. The van der Waals surface area contributed by atoms with Crippen LogP contribution in [0.15, 0.2) is 30.3 Å². The summed E-state index contributed by atoms with van der Waals surface area (Å²) in [6.07, 6.45) is 0. The van der Waals surface area contributed by atoms with Gasteiger partial charge in [-0.3, -0.25) is 0 Å². The second-order valence-corrected chi connectivity index (χ2v) is 4.24. The Kier molecular flexibility index (Phi) is 4.33. The van der Waals surface area contributed by atoms with Crippen LogP contribution in [0, 0.1) is 28.8 Å². The summed E-state index contributed by atoms with van der Waals surface area (Å²) in [5.74, 6) is -2.82. The number of benzene rings is 2. The van der Waals surface area contributed by atoms with Crippen LogP contribution in [0.3, 0.4) is 0 Å². The van der Waals surface area contributed by atoms with Gasteiger partial charge in [-0.25, -0.2) is 13.2 Å². The lowest BCUT2D eigenvalue weighted by molar-refractivity contribution is 0.410. The van der Waals surface area contributed by atoms with Crippen molar-refractivity contribution >= 4 is 5.69 Å². The Morgan fingerprint density at radius 1 is 1.19 bits per heavy atom. The zero-order valence-corrected chi connectivity index (χ0v) is 11.1. The molecule has 0 amide bonds. The van der Waals surface area contributed by atoms with Crippen molar-refractivity contribution in [1.29, 1.82) is 5.26 Å². The molecule has 3 nitrogen and oxygen atoms in total. The van der Waals surface area contributed by atoms with Crippen molar-refractivity contribution in [2.75, 3.05) is 12.4 Å². The zero-order valence-electron chi connectivity index (χ0n) is 11.1. The van der Waals surface area contributed by atoms with Crippen molar-refractivity contribution in [3.05, 3.63) is 58.9 Å². The van der Waals surface area contributed by atoms with E-state index >= 15 is 0 Å². The predicted molar refractivity (Wildman–Crippen MR) is 71.4 cm³/mol. The summed E-state index contributed by atoms with van der Waals surface area (Å²) in [7, 11) is 1.45. The van der Waals surface area contributed by atoms with E-state index in [0.717, 1.165) is 6.07 Å². The predicted octanol–water partition coefficient (Wildman–Crippen LogP) is 3.60. The van der Waals surface area contributed by atoms with Gasteiger partial charge in [0.25, 0.3) is 0 Å². The van der Waals surface area contributed by atoms with E-state index in [-0.39, 0.29) is 12.2 Å². The lowest BCUT2D eigenvalue weighted by atomic mass is 10.1. The molecular weight excluding hydrogens is 281 g/mol.